The predicted octanol–water partition coefficient (Wildman–Crippen LogP) is 3.46. The van der Waals surface area contributed by atoms with E-state index in [1.165, 1.54) is 5.56 Å². The van der Waals surface area contributed by atoms with Crippen LogP contribution in [0, 0.1) is 5.92 Å². The molecule has 0 fully saturated rings. The van der Waals surface area contributed by atoms with E-state index in [2.05, 4.69) is 66.7 Å². The molecule has 4 nitrogen and oxygen atoms in total. The van der Waals surface area contributed by atoms with Gasteiger partial charge in [0.2, 0.25) is 0 Å². The van der Waals surface area contributed by atoms with Crippen LogP contribution in [0.15, 0.2) is 35.3 Å². The fourth-order valence-electron chi connectivity index (χ4n) is 2.09. The zero-order valence-corrected chi connectivity index (χ0v) is 17.2. The summed E-state index contributed by atoms with van der Waals surface area (Å²) in [5.41, 5.74) is 1.38. The van der Waals surface area contributed by atoms with Crippen LogP contribution in [0.4, 0.5) is 0 Å². The van der Waals surface area contributed by atoms with Gasteiger partial charge in [0.1, 0.15) is 0 Å². The Kier molecular flexibility index (Phi) is 13.1. The van der Waals surface area contributed by atoms with Crippen LogP contribution in [0.25, 0.3) is 0 Å². The third-order valence-electron chi connectivity index (χ3n) is 3.31. The number of ether oxygens (including phenoxy) is 1. The average molecular weight is 433 g/mol. The fourth-order valence-corrected chi connectivity index (χ4v) is 2.09. The van der Waals surface area contributed by atoms with E-state index < -0.39 is 0 Å². The zero-order valence-electron chi connectivity index (χ0n) is 14.8. The highest BCUT2D eigenvalue weighted by molar-refractivity contribution is 14.0. The first-order chi connectivity index (χ1) is 10.6. The van der Waals surface area contributed by atoms with Crippen LogP contribution in [0.5, 0.6) is 0 Å². The van der Waals surface area contributed by atoms with E-state index in [9.17, 15) is 0 Å². The van der Waals surface area contributed by atoms with Crippen molar-refractivity contribution in [2.24, 2.45) is 10.9 Å². The van der Waals surface area contributed by atoms with Crippen molar-refractivity contribution in [1.82, 2.24) is 10.6 Å². The zero-order chi connectivity index (χ0) is 16.2. The summed E-state index contributed by atoms with van der Waals surface area (Å²) >= 11 is 0. The van der Waals surface area contributed by atoms with Crippen molar-refractivity contribution in [3.05, 3.63) is 35.9 Å². The lowest BCUT2D eigenvalue weighted by Gasteiger charge is -2.18. The molecule has 0 amide bonds. The van der Waals surface area contributed by atoms with Crippen molar-refractivity contribution in [2.45, 2.75) is 39.7 Å². The lowest BCUT2D eigenvalue weighted by atomic mass is 10.1. The van der Waals surface area contributed by atoms with Gasteiger partial charge in [-0.1, -0.05) is 44.2 Å². The molecule has 0 aromatic heterocycles. The molecule has 0 saturated carbocycles. The minimum Gasteiger partial charge on any atom is -0.379 e. The highest BCUT2D eigenvalue weighted by Gasteiger charge is 2.05. The number of aliphatic imine (C=N–C) groups is 1. The highest BCUT2D eigenvalue weighted by Crippen LogP contribution is 2.04. The van der Waals surface area contributed by atoms with Crippen LogP contribution in [-0.2, 0) is 11.2 Å². The minimum atomic E-state index is 0. The van der Waals surface area contributed by atoms with Gasteiger partial charge in [-0.15, -0.1) is 24.0 Å². The van der Waals surface area contributed by atoms with Crippen molar-refractivity contribution in [3.63, 3.8) is 0 Å². The van der Waals surface area contributed by atoms with Gasteiger partial charge in [0.15, 0.2) is 5.96 Å². The normalized spacial score (nSPS) is 12.7. The number of benzene rings is 1. The topological polar surface area (TPSA) is 45.7 Å². The van der Waals surface area contributed by atoms with Gasteiger partial charge in [-0.25, -0.2) is 0 Å². The van der Waals surface area contributed by atoms with Crippen LogP contribution in [0.1, 0.15) is 32.8 Å². The van der Waals surface area contributed by atoms with Gasteiger partial charge in [-0.2, -0.15) is 0 Å². The lowest BCUT2D eigenvalue weighted by Crippen LogP contribution is -2.43. The molecule has 1 aromatic rings. The Labute approximate surface area is 158 Å². The van der Waals surface area contributed by atoms with Crippen LogP contribution >= 0.6 is 24.0 Å². The Morgan fingerprint density at radius 1 is 1.17 bits per heavy atom. The van der Waals surface area contributed by atoms with Crippen molar-refractivity contribution in [3.8, 4) is 0 Å². The number of nitrogens with one attached hydrogen (secondary N) is 2. The molecule has 132 valence electrons. The third-order valence-corrected chi connectivity index (χ3v) is 3.31. The maximum absolute atomic E-state index is 5.56. The Hall–Kier alpha value is -0.820. The molecular weight excluding hydrogens is 401 g/mol. The molecular formula is C18H32IN3O. The molecule has 0 saturated heterocycles. The van der Waals surface area contributed by atoms with E-state index in [1.54, 1.807) is 7.05 Å². The maximum atomic E-state index is 5.56. The van der Waals surface area contributed by atoms with Gasteiger partial charge in [-0.05, 0) is 31.2 Å². The van der Waals surface area contributed by atoms with Crippen LogP contribution in [-0.4, -0.2) is 38.8 Å². The number of nitrogens with zero attached hydrogens (tertiary/aromatic N) is 1. The largest absolute Gasteiger partial charge is 0.379 e. The summed E-state index contributed by atoms with van der Waals surface area (Å²) in [5, 5.41) is 6.71. The number of hydrogen-bond acceptors (Lipinski definition) is 2. The summed E-state index contributed by atoms with van der Waals surface area (Å²) in [4.78, 5) is 4.25. The molecule has 1 aromatic carbocycles. The molecule has 0 aliphatic carbocycles. The third kappa shape index (κ3) is 11.4. The van der Waals surface area contributed by atoms with Gasteiger partial charge in [0.25, 0.3) is 0 Å². The second-order valence-electron chi connectivity index (χ2n) is 6.04. The molecule has 0 radical (unpaired) electrons. The second kappa shape index (κ2) is 13.6. The number of hydrogen-bond donors (Lipinski definition) is 2. The predicted molar refractivity (Wildman–Crippen MR) is 110 cm³/mol. The van der Waals surface area contributed by atoms with Crippen molar-refractivity contribution in [1.29, 1.82) is 0 Å². The Morgan fingerprint density at radius 2 is 1.87 bits per heavy atom. The molecule has 0 heterocycles. The van der Waals surface area contributed by atoms with Crippen molar-refractivity contribution >= 4 is 29.9 Å². The first-order valence-corrected chi connectivity index (χ1v) is 8.20. The first-order valence-electron chi connectivity index (χ1n) is 8.20. The van der Waals surface area contributed by atoms with E-state index in [-0.39, 0.29) is 24.0 Å². The molecule has 5 heteroatoms. The summed E-state index contributed by atoms with van der Waals surface area (Å²) in [7, 11) is 1.80. The fraction of sp³-hybridized carbons (Fsp3) is 0.611. The van der Waals surface area contributed by atoms with E-state index in [0.717, 1.165) is 32.0 Å². The summed E-state index contributed by atoms with van der Waals surface area (Å²) in [5.74, 6) is 1.42. The summed E-state index contributed by atoms with van der Waals surface area (Å²) in [6.45, 7) is 8.78. The monoisotopic (exact) mass is 433 g/mol. The molecule has 0 spiro atoms. The number of rotatable bonds is 9. The van der Waals surface area contributed by atoms with Gasteiger partial charge in [0.05, 0.1) is 6.61 Å². The first kappa shape index (κ1) is 22.2. The van der Waals surface area contributed by atoms with Gasteiger partial charge in [0, 0.05) is 26.2 Å². The van der Waals surface area contributed by atoms with Crippen molar-refractivity contribution < 1.29 is 4.74 Å². The molecule has 23 heavy (non-hydrogen) atoms. The Morgan fingerprint density at radius 3 is 2.48 bits per heavy atom. The number of guanidine groups is 1. The average Bonchev–Trinajstić information content (AvgIpc) is 2.52. The smallest absolute Gasteiger partial charge is 0.191 e. The minimum absolute atomic E-state index is 0. The molecule has 1 atom stereocenters. The summed E-state index contributed by atoms with van der Waals surface area (Å²) < 4.78 is 5.56. The van der Waals surface area contributed by atoms with Gasteiger partial charge >= 0.3 is 0 Å². The SMILES string of the molecule is CN=C(NCCOCC(C)C)NC(C)CCc1ccccc1.I. The van der Waals surface area contributed by atoms with Crippen LogP contribution in [0.3, 0.4) is 0 Å². The molecule has 1 unspecified atom stereocenters. The lowest BCUT2D eigenvalue weighted by molar-refractivity contribution is 0.114. The molecule has 0 aliphatic heterocycles. The maximum Gasteiger partial charge on any atom is 0.191 e. The van der Waals surface area contributed by atoms with Crippen LogP contribution < -0.4 is 10.6 Å². The Balaban J connectivity index is 0.00000484. The standard InChI is InChI=1S/C18H31N3O.HI/c1-15(2)14-22-13-12-20-18(19-4)21-16(3)10-11-17-8-6-5-7-9-17;/h5-9,15-16H,10-14H2,1-4H3,(H2,19,20,21);1H. The second-order valence-corrected chi connectivity index (χ2v) is 6.04. The molecule has 1 rings (SSSR count). The van der Waals surface area contributed by atoms with Crippen molar-refractivity contribution in [2.75, 3.05) is 26.8 Å². The van der Waals surface area contributed by atoms with E-state index >= 15 is 0 Å². The van der Waals surface area contributed by atoms with E-state index in [4.69, 9.17) is 4.74 Å². The number of halogens is 1. The molecule has 2 N–H and O–H groups in total. The summed E-state index contributed by atoms with van der Waals surface area (Å²) in [6.07, 6.45) is 2.15. The van der Waals surface area contributed by atoms with Crippen LogP contribution in [0.2, 0.25) is 0 Å². The quantitative estimate of drug-likeness (QED) is 0.271. The van der Waals surface area contributed by atoms with Gasteiger partial charge in [-0.3, -0.25) is 4.99 Å². The number of aryl methyl sites for hydroxylation is 1. The Bertz CT molecular complexity index is 424. The molecule has 0 bridgehead atoms. The highest BCUT2D eigenvalue weighted by atomic mass is 127. The summed E-state index contributed by atoms with van der Waals surface area (Å²) in [6, 6.07) is 11.0. The van der Waals surface area contributed by atoms with E-state index in [0.29, 0.717) is 18.6 Å². The van der Waals surface area contributed by atoms with E-state index in [1.807, 2.05) is 0 Å². The molecule has 0 aliphatic rings. The van der Waals surface area contributed by atoms with Gasteiger partial charge < -0.3 is 15.4 Å².